The lowest BCUT2D eigenvalue weighted by molar-refractivity contribution is -0.117. The normalized spacial score (nSPS) is 14.2. The largest absolute Gasteiger partial charge is 0.360 e. The molecule has 36 heavy (non-hydrogen) atoms. The lowest BCUT2D eigenvalue weighted by atomic mass is 9.99. The van der Waals surface area contributed by atoms with Gasteiger partial charge in [0, 0.05) is 43.2 Å². The monoisotopic (exact) mass is 483 g/mol. The van der Waals surface area contributed by atoms with Crippen LogP contribution in [0.5, 0.6) is 0 Å². The number of amides is 2. The van der Waals surface area contributed by atoms with Crippen molar-refractivity contribution in [3.63, 3.8) is 0 Å². The fourth-order valence-electron chi connectivity index (χ4n) is 4.68. The number of carbonyl (C=O) groups is 2. The Bertz CT molecular complexity index is 1440. The van der Waals surface area contributed by atoms with Crippen LogP contribution < -0.4 is 5.32 Å². The molecule has 1 saturated heterocycles. The number of aryl methyl sites for hydroxylation is 3. The van der Waals surface area contributed by atoms with Crippen LogP contribution in [0, 0.1) is 20.8 Å². The topological polar surface area (TPSA) is 91.6 Å². The molecule has 8 heteroatoms. The van der Waals surface area contributed by atoms with Gasteiger partial charge in [-0.15, -0.1) is 0 Å². The van der Waals surface area contributed by atoms with Gasteiger partial charge >= 0.3 is 0 Å². The summed E-state index contributed by atoms with van der Waals surface area (Å²) in [4.78, 5) is 34.8. The summed E-state index contributed by atoms with van der Waals surface area (Å²) >= 11 is 0. The number of fused-ring (bicyclic) bond motifs is 1. The van der Waals surface area contributed by atoms with E-state index in [4.69, 9.17) is 9.51 Å². The first-order chi connectivity index (χ1) is 17.4. The third-order valence-electron chi connectivity index (χ3n) is 6.53. The van der Waals surface area contributed by atoms with Gasteiger partial charge in [0.1, 0.15) is 5.76 Å². The van der Waals surface area contributed by atoms with Crippen LogP contribution >= 0.6 is 0 Å². The second kappa shape index (κ2) is 9.91. The summed E-state index contributed by atoms with van der Waals surface area (Å²) in [7, 11) is 0. The Morgan fingerprint density at radius 2 is 1.75 bits per heavy atom. The van der Waals surface area contributed by atoms with Crippen LogP contribution in [-0.2, 0) is 4.79 Å². The Balaban J connectivity index is 1.32. The van der Waals surface area contributed by atoms with E-state index in [2.05, 4.69) is 42.5 Å². The van der Waals surface area contributed by atoms with Crippen LogP contribution in [-0.4, -0.2) is 64.5 Å². The molecule has 0 saturated carbocycles. The summed E-state index contributed by atoms with van der Waals surface area (Å²) < 4.78 is 4.99. The second-order valence-corrected chi connectivity index (χ2v) is 9.33. The molecule has 1 aliphatic rings. The van der Waals surface area contributed by atoms with Gasteiger partial charge in [0.15, 0.2) is 5.82 Å². The third-order valence-corrected chi connectivity index (χ3v) is 6.53. The summed E-state index contributed by atoms with van der Waals surface area (Å²) in [5.41, 5.74) is 5.60. The Morgan fingerprint density at radius 3 is 2.47 bits per heavy atom. The fourth-order valence-corrected chi connectivity index (χ4v) is 4.68. The van der Waals surface area contributed by atoms with E-state index in [0.717, 1.165) is 27.7 Å². The van der Waals surface area contributed by atoms with E-state index in [-0.39, 0.29) is 18.4 Å². The molecule has 4 aromatic rings. The van der Waals surface area contributed by atoms with Crippen LogP contribution in [0.3, 0.4) is 0 Å². The highest BCUT2D eigenvalue weighted by Gasteiger charge is 2.25. The Morgan fingerprint density at radius 1 is 0.972 bits per heavy atom. The van der Waals surface area contributed by atoms with E-state index in [1.54, 1.807) is 13.0 Å². The zero-order chi connectivity index (χ0) is 25.2. The van der Waals surface area contributed by atoms with Crippen molar-refractivity contribution in [1.82, 2.24) is 19.9 Å². The van der Waals surface area contributed by atoms with Gasteiger partial charge in [-0.05, 0) is 38.5 Å². The van der Waals surface area contributed by atoms with Crippen molar-refractivity contribution >= 4 is 28.5 Å². The molecule has 0 unspecified atom stereocenters. The average Bonchev–Trinajstić information content (AvgIpc) is 3.27. The molecule has 3 heterocycles. The average molecular weight is 484 g/mol. The molecule has 184 valence electrons. The van der Waals surface area contributed by atoms with Crippen LogP contribution in [0.2, 0.25) is 0 Å². The van der Waals surface area contributed by atoms with Gasteiger partial charge in [0.25, 0.3) is 5.91 Å². The zero-order valence-electron chi connectivity index (χ0n) is 20.7. The van der Waals surface area contributed by atoms with E-state index >= 15 is 0 Å². The van der Waals surface area contributed by atoms with Gasteiger partial charge < -0.3 is 14.7 Å². The van der Waals surface area contributed by atoms with E-state index in [9.17, 15) is 9.59 Å². The molecule has 1 aliphatic heterocycles. The maximum atomic E-state index is 13.7. The molecule has 2 aromatic carbocycles. The number of hydrogen-bond donors (Lipinski definition) is 1. The summed E-state index contributed by atoms with van der Waals surface area (Å²) in [5, 5.41) is 7.39. The molecule has 5 rings (SSSR count). The molecule has 0 bridgehead atoms. The van der Waals surface area contributed by atoms with Gasteiger partial charge in [-0.25, -0.2) is 4.98 Å². The van der Waals surface area contributed by atoms with Crippen LogP contribution in [0.15, 0.2) is 59.1 Å². The molecule has 0 aliphatic carbocycles. The molecule has 8 nitrogen and oxygen atoms in total. The quantitative estimate of drug-likeness (QED) is 0.457. The van der Waals surface area contributed by atoms with Crippen molar-refractivity contribution in [3.05, 3.63) is 77.0 Å². The molecule has 0 atom stereocenters. The molecule has 1 N–H and O–H groups in total. The number of nitrogens with zero attached hydrogens (tertiary/aromatic N) is 4. The third kappa shape index (κ3) is 4.99. The molecule has 2 amide bonds. The van der Waals surface area contributed by atoms with E-state index < -0.39 is 0 Å². The van der Waals surface area contributed by atoms with E-state index in [0.29, 0.717) is 43.3 Å². The Kier molecular flexibility index (Phi) is 6.52. The van der Waals surface area contributed by atoms with Crippen molar-refractivity contribution in [2.24, 2.45) is 0 Å². The van der Waals surface area contributed by atoms with Gasteiger partial charge in [0.05, 0.1) is 23.3 Å². The van der Waals surface area contributed by atoms with Crippen molar-refractivity contribution in [2.75, 3.05) is 38.0 Å². The summed E-state index contributed by atoms with van der Waals surface area (Å²) in [6.07, 6.45) is 0. The molecule has 0 spiro atoms. The minimum absolute atomic E-state index is 0.0122. The number of para-hydroxylation sites is 1. The van der Waals surface area contributed by atoms with Gasteiger partial charge in [-0.3, -0.25) is 14.5 Å². The van der Waals surface area contributed by atoms with Crippen LogP contribution in [0.25, 0.3) is 22.2 Å². The van der Waals surface area contributed by atoms with Crippen molar-refractivity contribution in [3.8, 4) is 11.3 Å². The first kappa shape index (κ1) is 23.7. The lowest BCUT2D eigenvalue weighted by Gasteiger charge is -2.34. The first-order valence-electron chi connectivity index (χ1n) is 12.1. The highest BCUT2D eigenvalue weighted by molar-refractivity contribution is 6.07. The van der Waals surface area contributed by atoms with Crippen molar-refractivity contribution in [2.45, 2.75) is 20.8 Å². The Hall–Kier alpha value is -4.04. The van der Waals surface area contributed by atoms with Crippen molar-refractivity contribution in [1.29, 1.82) is 0 Å². The number of rotatable bonds is 5. The predicted molar refractivity (Wildman–Crippen MR) is 139 cm³/mol. The van der Waals surface area contributed by atoms with Crippen molar-refractivity contribution < 1.29 is 14.1 Å². The number of aromatic nitrogens is 2. The van der Waals surface area contributed by atoms with Gasteiger partial charge in [0.2, 0.25) is 5.91 Å². The summed E-state index contributed by atoms with van der Waals surface area (Å²) in [6.45, 7) is 8.47. The van der Waals surface area contributed by atoms with Gasteiger partial charge in [-0.2, -0.15) is 0 Å². The van der Waals surface area contributed by atoms with Crippen LogP contribution in [0.4, 0.5) is 5.82 Å². The smallest absolute Gasteiger partial charge is 0.254 e. The number of pyridine rings is 1. The molecular weight excluding hydrogens is 454 g/mol. The summed E-state index contributed by atoms with van der Waals surface area (Å²) in [5.74, 6) is 0.889. The highest BCUT2D eigenvalue weighted by Crippen LogP contribution is 2.28. The van der Waals surface area contributed by atoms with Gasteiger partial charge in [-0.1, -0.05) is 47.1 Å². The van der Waals surface area contributed by atoms with E-state index in [1.165, 1.54) is 5.56 Å². The zero-order valence-corrected chi connectivity index (χ0v) is 20.7. The fraction of sp³-hybridized carbons (Fsp3) is 0.286. The Labute approximate surface area is 209 Å². The second-order valence-electron chi connectivity index (χ2n) is 9.33. The first-order valence-corrected chi connectivity index (χ1v) is 12.1. The molecule has 1 fully saturated rings. The molecule has 0 radical (unpaired) electrons. The lowest BCUT2D eigenvalue weighted by Crippen LogP contribution is -2.50. The SMILES string of the molecule is Cc1ccc(-c2cc(C(=O)N3CCN(CC(=O)Nc4cc(C)on4)CC3)c3ccccc3n2)c(C)c1. The number of carbonyl (C=O) groups excluding carboxylic acids is 2. The number of piperazine rings is 1. The number of anilines is 1. The maximum Gasteiger partial charge on any atom is 0.254 e. The number of hydrogen-bond acceptors (Lipinski definition) is 6. The van der Waals surface area contributed by atoms with E-state index in [1.807, 2.05) is 40.1 Å². The minimum atomic E-state index is -0.152. The minimum Gasteiger partial charge on any atom is -0.360 e. The molecular formula is C28H29N5O3. The number of benzene rings is 2. The summed E-state index contributed by atoms with van der Waals surface area (Å²) in [6, 6.07) is 17.7. The van der Waals surface area contributed by atoms with Crippen LogP contribution in [0.1, 0.15) is 27.2 Å². The number of nitrogens with one attached hydrogen (secondary N) is 1. The predicted octanol–water partition coefficient (Wildman–Crippen LogP) is 4.21. The standard InChI is InChI=1S/C28H29N5O3/c1-18-8-9-21(19(2)14-18)25-16-23(22-6-4-5-7-24(22)29-25)28(35)33-12-10-32(11-13-33)17-27(34)30-26-15-20(3)36-31-26/h4-9,14-16H,10-13,17H2,1-3H3,(H,30,31,34). The highest BCUT2D eigenvalue weighted by atomic mass is 16.5. The maximum absolute atomic E-state index is 13.7. The molecule has 2 aromatic heterocycles.